The van der Waals surface area contributed by atoms with Crippen molar-refractivity contribution in [3.63, 3.8) is 0 Å². The first-order chi connectivity index (χ1) is 13.1. The molecule has 152 valence electrons. The smallest absolute Gasteiger partial charge is 0.243 e. The van der Waals surface area contributed by atoms with Gasteiger partial charge in [0.2, 0.25) is 5.91 Å². The average molecular weight is 397 g/mol. The molecule has 1 aliphatic rings. The third kappa shape index (κ3) is 9.21. The molecule has 1 saturated heterocycles. The SMILES string of the molecule is CN(C)C(=O)CN=C(NCCCOCC1CCOCC1)NCc1cccs1. The van der Waals surface area contributed by atoms with Gasteiger partial charge < -0.3 is 25.0 Å². The predicted octanol–water partition coefficient (Wildman–Crippen LogP) is 1.70. The standard InChI is InChI=1S/C19H32N4O3S/c1-23(2)18(24)14-22-19(21-13-17-5-3-12-27-17)20-8-4-9-26-15-16-6-10-25-11-7-16/h3,5,12,16H,4,6-11,13-15H2,1-2H3,(H2,20,21,22). The summed E-state index contributed by atoms with van der Waals surface area (Å²) in [6.45, 7) is 4.83. The van der Waals surface area contributed by atoms with E-state index in [1.165, 1.54) is 4.88 Å². The van der Waals surface area contributed by atoms with Gasteiger partial charge in [-0.3, -0.25) is 4.79 Å². The molecular formula is C19H32N4O3S. The van der Waals surface area contributed by atoms with Crippen molar-refractivity contribution in [2.45, 2.75) is 25.8 Å². The van der Waals surface area contributed by atoms with Gasteiger partial charge in [-0.1, -0.05) is 6.07 Å². The molecule has 0 spiro atoms. The first kappa shape index (κ1) is 21.7. The lowest BCUT2D eigenvalue weighted by Crippen LogP contribution is -2.38. The number of thiophene rings is 1. The number of nitrogens with zero attached hydrogens (tertiary/aromatic N) is 2. The lowest BCUT2D eigenvalue weighted by molar-refractivity contribution is -0.127. The summed E-state index contributed by atoms with van der Waals surface area (Å²) < 4.78 is 11.2. The zero-order chi connectivity index (χ0) is 19.3. The quantitative estimate of drug-likeness (QED) is 0.358. The van der Waals surface area contributed by atoms with Gasteiger partial charge in [-0.15, -0.1) is 11.3 Å². The van der Waals surface area contributed by atoms with Gasteiger partial charge in [0.15, 0.2) is 5.96 Å². The molecule has 1 aromatic heterocycles. The molecule has 1 aliphatic heterocycles. The highest BCUT2D eigenvalue weighted by molar-refractivity contribution is 7.09. The van der Waals surface area contributed by atoms with Crippen molar-refractivity contribution in [3.8, 4) is 0 Å². The van der Waals surface area contributed by atoms with Crippen molar-refractivity contribution in [1.82, 2.24) is 15.5 Å². The molecule has 2 rings (SSSR count). The van der Waals surface area contributed by atoms with Gasteiger partial charge in [-0.05, 0) is 36.6 Å². The Kier molecular flexibility index (Phi) is 10.2. The summed E-state index contributed by atoms with van der Waals surface area (Å²) in [5.74, 6) is 1.27. The van der Waals surface area contributed by atoms with Crippen LogP contribution in [0.25, 0.3) is 0 Å². The van der Waals surface area contributed by atoms with Crippen LogP contribution in [0, 0.1) is 5.92 Å². The first-order valence-electron chi connectivity index (χ1n) is 9.55. The lowest BCUT2D eigenvalue weighted by atomic mass is 10.0. The van der Waals surface area contributed by atoms with Gasteiger partial charge in [-0.25, -0.2) is 4.99 Å². The molecule has 8 heteroatoms. The Bertz CT molecular complexity index is 557. The van der Waals surface area contributed by atoms with Gasteiger partial charge in [0.25, 0.3) is 0 Å². The number of carbonyl (C=O) groups is 1. The Hall–Kier alpha value is -1.64. The highest BCUT2D eigenvalue weighted by atomic mass is 32.1. The Balaban J connectivity index is 1.66. The molecule has 0 atom stereocenters. The molecule has 2 N–H and O–H groups in total. The summed E-state index contributed by atoms with van der Waals surface area (Å²) in [6.07, 6.45) is 3.09. The minimum Gasteiger partial charge on any atom is -0.381 e. The van der Waals surface area contributed by atoms with Crippen LogP contribution in [0.2, 0.25) is 0 Å². The summed E-state index contributed by atoms with van der Waals surface area (Å²) in [6, 6.07) is 4.10. The van der Waals surface area contributed by atoms with Crippen molar-refractivity contribution < 1.29 is 14.3 Å². The Morgan fingerprint density at radius 3 is 2.89 bits per heavy atom. The topological polar surface area (TPSA) is 75.2 Å². The van der Waals surface area contributed by atoms with Gasteiger partial charge in [0.05, 0.1) is 6.54 Å². The van der Waals surface area contributed by atoms with E-state index in [0.717, 1.165) is 52.2 Å². The number of carbonyl (C=O) groups excluding carboxylic acids is 1. The third-order valence-electron chi connectivity index (χ3n) is 4.33. The van der Waals surface area contributed by atoms with Crippen molar-refractivity contribution in [2.75, 3.05) is 53.6 Å². The highest BCUT2D eigenvalue weighted by Crippen LogP contribution is 2.14. The van der Waals surface area contributed by atoms with Crippen molar-refractivity contribution in [2.24, 2.45) is 10.9 Å². The van der Waals surface area contributed by atoms with Crippen molar-refractivity contribution in [3.05, 3.63) is 22.4 Å². The van der Waals surface area contributed by atoms with Crippen LogP contribution in [0.3, 0.4) is 0 Å². The summed E-state index contributed by atoms with van der Waals surface area (Å²) in [5, 5.41) is 8.62. The highest BCUT2D eigenvalue weighted by Gasteiger charge is 2.13. The van der Waals surface area contributed by atoms with Crippen LogP contribution >= 0.6 is 11.3 Å². The molecule has 2 heterocycles. The first-order valence-corrected chi connectivity index (χ1v) is 10.4. The van der Waals surface area contributed by atoms with E-state index in [2.05, 4.69) is 21.7 Å². The average Bonchev–Trinajstić information content (AvgIpc) is 3.20. The van der Waals surface area contributed by atoms with Crippen molar-refractivity contribution in [1.29, 1.82) is 0 Å². The molecule has 7 nitrogen and oxygen atoms in total. The third-order valence-corrected chi connectivity index (χ3v) is 5.21. The maximum Gasteiger partial charge on any atom is 0.243 e. The molecule has 1 fully saturated rings. The largest absolute Gasteiger partial charge is 0.381 e. The van der Waals surface area contributed by atoms with Gasteiger partial charge in [-0.2, -0.15) is 0 Å². The maximum atomic E-state index is 11.8. The number of ether oxygens (including phenoxy) is 2. The van der Waals surface area contributed by atoms with Crippen LogP contribution in [-0.2, 0) is 20.8 Å². The molecule has 27 heavy (non-hydrogen) atoms. The van der Waals surface area contributed by atoms with E-state index < -0.39 is 0 Å². The molecule has 1 aromatic rings. The molecule has 0 aliphatic carbocycles. The Morgan fingerprint density at radius 2 is 2.19 bits per heavy atom. The summed E-state index contributed by atoms with van der Waals surface area (Å²) >= 11 is 1.69. The number of rotatable bonds is 10. The normalized spacial score (nSPS) is 15.6. The molecule has 1 amide bonds. The second-order valence-corrected chi connectivity index (χ2v) is 7.83. The van der Waals surface area contributed by atoms with Crippen LogP contribution in [0.15, 0.2) is 22.5 Å². The van der Waals surface area contributed by atoms with Gasteiger partial charge in [0.1, 0.15) is 6.54 Å². The van der Waals surface area contributed by atoms with E-state index in [4.69, 9.17) is 9.47 Å². The number of aliphatic imine (C=N–C) groups is 1. The summed E-state index contributed by atoms with van der Waals surface area (Å²) in [5.41, 5.74) is 0. The number of hydrogen-bond acceptors (Lipinski definition) is 5. The predicted molar refractivity (Wildman–Crippen MR) is 109 cm³/mol. The molecule has 0 radical (unpaired) electrons. The minimum atomic E-state index is -0.0213. The van der Waals surface area contributed by atoms with Crippen LogP contribution in [0.1, 0.15) is 24.1 Å². The fraction of sp³-hybridized carbons (Fsp3) is 0.684. The number of amides is 1. The molecule has 0 aromatic carbocycles. The van der Waals surface area contributed by atoms with E-state index >= 15 is 0 Å². The zero-order valence-electron chi connectivity index (χ0n) is 16.4. The minimum absolute atomic E-state index is 0.0213. The number of likely N-dealkylation sites (N-methyl/N-ethyl adjacent to an activating group) is 1. The van der Waals surface area contributed by atoms with Crippen LogP contribution in [-0.4, -0.2) is 70.4 Å². The molecule has 0 bridgehead atoms. The number of nitrogens with one attached hydrogen (secondary N) is 2. The Morgan fingerprint density at radius 1 is 1.37 bits per heavy atom. The maximum absolute atomic E-state index is 11.8. The van der Waals surface area contributed by atoms with Crippen LogP contribution in [0.4, 0.5) is 0 Å². The summed E-state index contributed by atoms with van der Waals surface area (Å²) in [4.78, 5) is 18.9. The fourth-order valence-electron chi connectivity index (χ4n) is 2.59. The number of hydrogen-bond donors (Lipinski definition) is 2. The molecule has 0 saturated carbocycles. The monoisotopic (exact) mass is 396 g/mol. The summed E-state index contributed by atoms with van der Waals surface area (Å²) in [7, 11) is 3.47. The van der Waals surface area contributed by atoms with E-state index in [9.17, 15) is 4.79 Å². The lowest BCUT2D eigenvalue weighted by Gasteiger charge is -2.21. The fourth-order valence-corrected chi connectivity index (χ4v) is 3.24. The van der Waals surface area contributed by atoms with Crippen molar-refractivity contribution >= 4 is 23.2 Å². The van der Waals surface area contributed by atoms with Gasteiger partial charge in [0, 0.05) is 51.9 Å². The van der Waals surface area contributed by atoms with Crippen LogP contribution in [0.5, 0.6) is 0 Å². The van der Waals surface area contributed by atoms with E-state index in [1.54, 1.807) is 30.3 Å². The second kappa shape index (κ2) is 12.7. The zero-order valence-corrected chi connectivity index (χ0v) is 17.2. The van der Waals surface area contributed by atoms with Gasteiger partial charge >= 0.3 is 0 Å². The van der Waals surface area contributed by atoms with E-state index in [0.29, 0.717) is 18.4 Å². The number of guanidine groups is 1. The Labute approximate surface area is 166 Å². The van der Waals surface area contributed by atoms with E-state index in [-0.39, 0.29) is 12.5 Å². The van der Waals surface area contributed by atoms with E-state index in [1.807, 2.05) is 11.4 Å². The molecule has 0 unspecified atom stereocenters. The molecular weight excluding hydrogens is 364 g/mol. The van der Waals surface area contributed by atoms with Crippen LogP contribution < -0.4 is 10.6 Å². The second-order valence-electron chi connectivity index (χ2n) is 6.80.